The molecule has 0 aliphatic heterocycles. The van der Waals surface area contributed by atoms with Gasteiger partial charge in [-0.15, -0.1) is 11.3 Å². The van der Waals surface area contributed by atoms with Crippen molar-refractivity contribution in [2.45, 2.75) is 12.5 Å². The van der Waals surface area contributed by atoms with E-state index < -0.39 is 6.10 Å². The minimum absolute atomic E-state index is 0.0717. The van der Waals surface area contributed by atoms with Gasteiger partial charge in [0.2, 0.25) is 0 Å². The predicted molar refractivity (Wildman–Crippen MR) is 70.5 cm³/mol. The summed E-state index contributed by atoms with van der Waals surface area (Å²) in [7, 11) is 0. The van der Waals surface area contributed by atoms with Crippen LogP contribution in [0.5, 0.6) is 0 Å². The molecular weight excluding hydrogens is 254 g/mol. The number of aliphatic hydroxyl groups excluding tert-OH is 1. The Hall–Kier alpha value is -1.17. The lowest BCUT2D eigenvalue weighted by atomic mass is 10.1. The molecule has 2 rings (SSSR count). The number of rotatable bonds is 5. The lowest BCUT2D eigenvalue weighted by molar-refractivity contribution is 0.0947. The Morgan fingerprint density at radius 3 is 2.94 bits per heavy atom. The first-order valence-electron chi connectivity index (χ1n) is 5.29. The van der Waals surface area contributed by atoms with Gasteiger partial charge in [0.25, 0.3) is 5.91 Å². The second-order valence-electron chi connectivity index (χ2n) is 3.59. The summed E-state index contributed by atoms with van der Waals surface area (Å²) in [5.74, 6) is -0.0717. The van der Waals surface area contributed by atoms with Crippen LogP contribution in [0.4, 0.5) is 0 Å². The molecule has 5 heteroatoms. The Morgan fingerprint density at radius 1 is 1.41 bits per heavy atom. The standard InChI is InChI=1S/C12H13NO2S2/c14-10(9-4-7-16-8-9)3-5-13-12(15)11-2-1-6-17-11/h1-2,4,6-8,10,14H,3,5H2,(H,13,15)/t10-/m1/s1. The van der Waals surface area contributed by atoms with Gasteiger partial charge >= 0.3 is 0 Å². The van der Waals surface area contributed by atoms with Crippen molar-refractivity contribution < 1.29 is 9.90 Å². The minimum atomic E-state index is -0.495. The summed E-state index contributed by atoms with van der Waals surface area (Å²) in [5.41, 5.74) is 0.917. The molecule has 2 N–H and O–H groups in total. The van der Waals surface area contributed by atoms with E-state index in [-0.39, 0.29) is 5.91 Å². The van der Waals surface area contributed by atoms with Gasteiger partial charge in [0.1, 0.15) is 0 Å². The monoisotopic (exact) mass is 267 g/mol. The van der Waals surface area contributed by atoms with Crippen molar-refractivity contribution >= 4 is 28.6 Å². The fourth-order valence-electron chi connectivity index (χ4n) is 1.45. The van der Waals surface area contributed by atoms with Crippen LogP contribution in [0.15, 0.2) is 34.3 Å². The number of nitrogens with one attached hydrogen (secondary N) is 1. The zero-order chi connectivity index (χ0) is 12.1. The maximum Gasteiger partial charge on any atom is 0.261 e. The molecule has 2 heterocycles. The van der Waals surface area contributed by atoms with E-state index in [9.17, 15) is 9.90 Å². The number of thiophene rings is 2. The van der Waals surface area contributed by atoms with E-state index in [0.717, 1.165) is 5.56 Å². The third kappa shape index (κ3) is 3.39. The number of carbonyl (C=O) groups is 1. The maximum atomic E-state index is 11.6. The highest BCUT2D eigenvalue weighted by molar-refractivity contribution is 7.12. The lowest BCUT2D eigenvalue weighted by Crippen LogP contribution is -2.24. The molecule has 0 saturated carbocycles. The number of carbonyl (C=O) groups excluding carboxylic acids is 1. The number of hydrogen-bond acceptors (Lipinski definition) is 4. The van der Waals surface area contributed by atoms with Gasteiger partial charge in [-0.2, -0.15) is 11.3 Å². The van der Waals surface area contributed by atoms with Crippen LogP contribution < -0.4 is 5.32 Å². The Bertz CT molecular complexity index is 451. The van der Waals surface area contributed by atoms with Crippen molar-refractivity contribution in [3.63, 3.8) is 0 Å². The second kappa shape index (κ2) is 5.95. The molecule has 3 nitrogen and oxygen atoms in total. The Morgan fingerprint density at radius 2 is 2.29 bits per heavy atom. The zero-order valence-corrected chi connectivity index (χ0v) is 10.8. The number of hydrogen-bond donors (Lipinski definition) is 2. The highest BCUT2D eigenvalue weighted by atomic mass is 32.1. The molecule has 0 spiro atoms. The van der Waals surface area contributed by atoms with Gasteiger partial charge in [0.15, 0.2) is 0 Å². The van der Waals surface area contributed by atoms with Crippen LogP contribution in [0.1, 0.15) is 27.8 Å². The smallest absolute Gasteiger partial charge is 0.261 e. The highest BCUT2D eigenvalue weighted by Crippen LogP contribution is 2.18. The molecule has 0 aromatic carbocycles. The van der Waals surface area contributed by atoms with E-state index >= 15 is 0 Å². The molecular formula is C12H13NO2S2. The maximum absolute atomic E-state index is 11.6. The van der Waals surface area contributed by atoms with Gasteiger partial charge in [-0.1, -0.05) is 6.07 Å². The fourth-order valence-corrected chi connectivity index (χ4v) is 2.80. The van der Waals surface area contributed by atoms with Crippen LogP contribution in [0, 0.1) is 0 Å². The number of aliphatic hydroxyl groups is 1. The zero-order valence-electron chi connectivity index (χ0n) is 9.13. The molecule has 0 radical (unpaired) electrons. The molecule has 17 heavy (non-hydrogen) atoms. The van der Waals surface area contributed by atoms with Gasteiger partial charge in [-0.05, 0) is 40.3 Å². The van der Waals surface area contributed by atoms with Gasteiger partial charge in [0, 0.05) is 6.54 Å². The normalized spacial score (nSPS) is 12.3. The minimum Gasteiger partial charge on any atom is -0.388 e. The average molecular weight is 267 g/mol. The van der Waals surface area contributed by atoms with Crippen LogP contribution in [0.2, 0.25) is 0 Å². The summed E-state index contributed by atoms with van der Waals surface area (Å²) in [5, 5.41) is 18.3. The van der Waals surface area contributed by atoms with E-state index in [4.69, 9.17) is 0 Å². The fraction of sp³-hybridized carbons (Fsp3) is 0.250. The summed E-state index contributed by atoms with van der Waals surface area (Å²) in [6.07, 6.45) is 0.0401. The Kier molecular flexibility index (Phi) is 4.30. The largest absolute Gasteiger partial charge is 0.388 e. The van der Waals surface area contributed by atoms with Crippen LogP contribution in [-0.2, 0) is 0 Å². The van der Waals surface area contributed by atoms with Gasteiger partial charge in [-0.3, -0.25) is 4.79 Å². The van der Waals surface area contributed by atoms with Crippen molar-refractivity contribution in [1.82, 2.24) is 5.32 Å². The lowest BCUT2D eigenvalue weighted by Gasteiger charge is -2.09. The van der Waals surface area contributed by atoms with E-state index in [1.807, 2.05) is 28.3 Å². The van der Waals surface area contributed by atoms with Crippen molar-refractivity contribution in [2.75, 3.05) is 6.54 Å². The first-order valence-corrected chi connectivity index (χ1v) is 7.11. The third-order valence-electron chi connectivity index (χ3n) is 2.38. The van der Waals surface area contributed by atoms with E-state index in [1.165, 1.54) is 11.3 Å². The topological polar surface area (TPSA) is 49.3 Å². The van der Waals surface area contributed by atoms with Crippen molar-refractivity contribution in [3.8, 4) is 0 Å². The SMILES string of the molecule is O=C(NCC[C@@H](O)c1ccsc1)c1cccs1. The van der Waals surface area contributed by atoms with Crippen molar-refractivity contribution in [1.29, 1.82) is 0 Å². The first kappa shape index (κ1) is 12.3. The van der Waals surface area contributed by atoms with Gasteiger partial charge in [-0.25, -0.2) is 0 Å². The van der Waals surface area contributed by atoms with Crippen LogP contribution in [-0.4, -0.2) is 17.6 Å². The first-order chi connectivity index (χ1) is 8.27. The van der Waals surface area contributed by atoms with E-state index in [0.29, 0.717) is 17.8 Å². The van der Waals surface area contributed by atoms with Crippen LogP contribution in [0.25, 0.3) is 0 Å². The Labute approximate surface area is 108 Å². The predicted octanol–water partition coefficient (Wildman–Crippen LogP) is 2.66. The average Bonchev–Trinajstić information content (AvgIpc) is 3.02. The Balaban J connectivity index is 1.75. The van der Waals surface area contributed by atoms with Gasteiger partial charge < -0.3 is 10.4 Å². The second-order valence-corrected chi connectivity index (χ2v) is 5.32. The summed E-state index contributed by atoms with van der Waals surface area (Å²) in [4.78, 5) is 12.3. The summed E-state index contributed by atoms with van der Waals surface area (Å²) in [6.45, 7) is 0.480. The molecule has 0 saturated heterocycles. The van der Waals surface area contributed by atoms with Crippen LogP contribution in [0.3, 0.4) is 0 Å². The molecule has 0 unspecified atom stereocenters. The molecule has 0 aliphatic carbocycles. The molecule has 90 valence electrons. The van der Waals surface area contributed by atoms with E-state index in [2.05, 4.69) is 5.32 Å². The molecule has 0 fully saturated rings. The summed E-state index contributed by atoms with van der Waals surface area (Å²) >= 11 is 2.97. The molecule has 2 aromatic heterocycles. The van der Waals surface area contributed by atoms with E-state index in [1.54, 1.807) is 17.4 Å². The van der Waals surface area contributed by atoms with Crippen LogP contribution >= 0.6 is 22.7 Å². The highest BCUT2D eigenvalue weighted by Gasteiger charge is 2.09. The molecule has 2 aromatic rings. The quantitative estimate of drug-likeness (QED) is 0.875. The third-order valence-corrected chi connectivity index (χ3v) is 3.95. The van der Waals surface area contributed by atoms with Crippen molar-refractivity contribution in [2.24, 2.45) is 0 Å². The van der Waals surface area contributed by atoms with Gasteiger partial charge in [0.05, 0.1) is 11.0 Å². The molecule has 0 bridgehead atoms. The summed E-state index contributed by atoms with van der Waals surface area (Å²) in [6, 6.07) is 5.53. The molecule has 1 atom stereocenters. The summed E-state index contributed by atoms with van der Waals surface area (Å²) < 4.78 is 0. The number of amides is 1. The van der Waals surface area contributed by atoms with Crippen molar-refractivity contribution in [3.05, 3.63) is 44.8 Å². The molecule has 0 aliphatic rings. The molecule has 1 amide bonds.